The lowest BCUT2D eigenvalue weighted by Gasteiger charge is -2.32. The van der Waals surface area contributed by atoms with Gasteiger partial charge in [-0.15, -0.1) is 0 Å². The van der Waals surface area contributed by atoms with Crippen molar-refractivity contribution in [1.82, 2.24) is 5.32 Å². The van der Waals surface area contributed by atoms with E-state index in [4.69, 9.17) is 18.9 Å². The minimum Gasteiger partial charge on any atom is -0.477 e. The molecule has 1 aromatic rings. The van der Waals surface area contributed by atoms with Crippen LogP contribution in [0.2, 0.25) is 0 Å². The number of ether oxygens (including phenoxy) is 4. The van der Waals surface area contributed by atoms with E-state index in [1.165, 1.54) is 18.2 Å². The number of benzene rings is 1. The number of hydrogen-bond donors (Lipinski definition) is 2. The molecule has 1 rings (SSSR count). The van der Waals surface area contributed by atoms with Gasteiger partial charge in [0.15, 0.2) is 11.5 Å². The molecule has 0 saturated carbocycles. The van der Waals surface area contributed by atoms with Crippen LogP contribution in [0.1, 0.15) is 73.8 Å². The van der Waals surface area contributed by atoms with Crippen LogP contribution in [-0.2, 0) is 30.3 Å². The highest BCUT2D eigenvalue weighted by molar-refractivity contribution is 5.81. The molecule has 0 spiro atoms. The second-order valence-electron chi connectivity index (χ2n) is 10.1. The van der Waals surface area contributed by atoms with Gasteiger partial charge in [-0.3, -0.25) is 14.9 Å². The van der Waals surface area contributed by atoms with Gasteiger partial charge in [-0.2, -0.15) is 0 Å². The van der Waals surface area contributed by atoms with Gasteiger partial charge in [0.2, 0.25) is 0 Å². The van der Waals surface area contributed by atoms with Crippen molar-refractivity contribution >= 4 is 24.1 Å². The third-order valence-corrected chi connectivity index (χ3v) is 4.52. The Morgan fingerprint density at radius 2 is 1.39 bits per heavy atom. The third-order valence-electron chi connectivity index (χ3n) is 4.52. The van der Waals surface area contributed by atoms with Crippen molar-refractivity contribution in [3.05, 3.63) is 23.8 Å². The minimum atomic E-state index is -2.17. The molecule has 0 amide bonds. The summed E-state index contributed by atoms with van der Waals surface area (Å²) < 4.78 is 21.2. The summed E-state index contributed by atoms with van der Waals surface area (Å²) in [6.07, 6.45) is -1.71. The summed E-state index contributed by atoms with van der Waals surface area (Å²) in [4.78, 5) is 49.2. The molecule has 0 aliphatic heterocycles. The molecule has 0 bridgehead atoms. The van der Waals surface area contributed by atoms with Crippen molar-refractivity contribution in [1.29, 1.82) is 0 Å². The van der Waals surface area contributed by atoms with E-state index in [1.54, 1.807) is 27.7 Å². The number of hydrogen-bond acceptors (Lipinski definition) is 9. The number of carboxylic acid groups (broad SMARTS) is 1. The molecule has 0 heterocycles. The predicted molar refractivity (Wildman–Crippen MR) is 132 cm³/mol. The van der Waals surface area contributed by atoms with Crippen LogP contribution in [0.5, 0.6) is 11.5 Å². The van der Waals surface area contributed by atoms with Crippen LogP contribution in [0.15, 0.2) is 18.2 Å². The molecular formula is C26H39NO9. The Morgan fingerprint density at radius 1 is 0.861 bits per heavy atom. The fourth-order valence-corrected chi connectivity index (χ4v) is 3.23. The molecule has 0 aliphatic carbocycles. The Balaban J connectivity index is 3.41. The second kappa shape index (κ2) is 13.8. The lowest BCUT2D eigenvalue weighted by Crippen LogP contribution is -2.59. The van der Waals surface area contributed by atoms with E-state index in [0.29, 0.717) is 5.56 Å². The van der Waals surface area contributed by atoms with Gasteiger partial charge in [0.25, 0.3) is 5.72 Å². The predicted octanol–water partition coefficient (Wildman–Crippen LogP) is 4.47. The van der Waals surface area contributed by atoms with Crippen LogP contribution in [-0.4, -0.2) is 47.0 Å². The fourth-order valence-electron chi connectivity index (χ4n) is 3.23. The van der Waals surface area contributed by atoms with Crippen LogP contribution in [0, 0.1) is 11.8 Å². The molecule has 0 aliphatic rings. The summed E-state index contributed by atoms with van der Waals surface area (Å²) in [6.45, 7) is 14.1. The molecule has 0 radical (unpaired) electrons. The summed E-state index contributed by atoms with van der Waals surface area (Å²) in [7, 11) is 0. The van der Waals surface area contributed by atoms with Gasteiger partial charge in [-0.25, -0.2) is 9.59 Å². The van der Waals surface area contributed by atoms with Crippen molar-refractivity contribution in [2.75, 3.05) is 0 Å². The van der Waals surface area contributed by atoms with Crippen molar-refractivity contribution in [2.24, 2.45) is 11.8 Å². The van der Waals surface area contributed by atoms with Gasteiger partial charge in [-0.05, 0) is 57.2 Å². The van der Waals surface area contributed by atoms with Gasteiger partial charge < -0.3 is 24.1 Å². The first-order valence-electron chi connectivity index (χ1n) is 12.1. The van der Waals surface area contributed by atoms with Gasteiger partial charge in [0.1, 0.15) is 0 Å². The number of esters is 2. The zero-order chi connectivity index (χ0) is 27.6. The summed E-state index contributed by atoms with van der Waals surface area (Å²) in [5, 5.41) is 12.8. The van der Waals surface area contributed by atoms with E-state index in [2.05, 4.69) is 5.32 Å². The average molecular weight is 510 g/mol. The zero-order valence-electron chi connectivity index (χ0n) is 22.4. The maximum atomic E-state index is 12.4. The molecule has 1 aromatic carbocycles. The second-order valence-corrected chi connectivity index (χ2v) is 10.1. The first-order chi connectivity index (χ1) is 16.6. The minimum absolute atomic E-state index is 0.0272. The molecule has 0 fully saturated rings. The molecule has 10 heteroatoms. The number of nitrogens with one attached hydrogen (secondary N) is 1. The highest BCUT2D eigenvalue weighted by atomic mass is 16.7. The van der Waals surface area contributed by atoms with Crippen molar-refractivity contribution in [3.63, 3.8) is 0 Å². The van der Waals surface area contributed by atoms with Crippen LogP contribution in [0.4, 0.5) is 4.79 Å². The van der Waals surface area contributed by atoms with Crippen LogP contribution < -0.4 is 14.8 Å². The molecule has 0 unspecified atom stereocenters. The van der Waals surface area contributed by atoms with Gasteiger partial charge in [0.05, 0.1) is 6.10 Å². The topological polar surface area (TPSA) is 137 Å². The Hall–Kier alpha value is -3.14. The maximum absolute atomic E-state index is 12.4. The van der Waals surface area contributed by atoms with Crippen molar-refractivity contribution in [3.8, 4) is 11.5 Å². The first kappa shape index (κ1) is 30.9. The smallest absolute Gasteiger partial charge is 0.477 e. The number of aliphatic carboxylic acids is 1. The monoisotopic (exact) mass is 509 g/mol. The molecule has 1 atom stereocenters. The average Bonchev–Trinajstić information content (AvgIpc) is 2.67. The Bertz CT molecular complexity index is 924. The zero-order valence-corrected chi connectivity index (χ0v) is 22.4. The van der Waals surface area contributed by atoms with E-state index in [-0.39, 0.29) is 48.6 Å². The Morgan fingerprint density at radius 3 is 1.83 bits per heavy atom. The van der Waals surface area contributed by atoms with Crippen LogP contribution in [0.3, 0.4) is 0 Å². The lowest BCUT2D eigenvalue weighted by atomic mass is 10.0. The number of carbonyl (C=O) groups excluding carboxylic acids is 3. The molecule has 0 aromatic heterocycles. The third kappa shape index (κ3) is 10.6. The Kier molecular flexibility index (Phi) is 11.9. The molecule has 36 heavy (non-hydrogen) atoms. The number of rotatable bonds is 13. The number of carboxylic acids is 1. The molecule has 0 saturated heterocycles. The first-order valence-corrected chi connectivity index (χ1v) is 12.1. The normalized spacial score (nSPS) is 13.0. The summed E-state index contributed by atoms with van der Waals surface area (Å²) in [6, 6.07) is 3.94. The van der Waals surface area contributed by atoms with Crippen LogP contribution >= 0.6 is 0 Å². The van der Waals surface area contributed by atoms with E-state index in [9.17, 15) is 24.3 Å². The SMILES string of the molecule is CC(C)CC(=O)Oc1ccc(C[C@](NC(C)C)(OC(=O)OC(C)C)C(=O)O)cc1OC(=O)CC(C)C. The maximum Gasteiger partial charge on any atom is 0.510 e. The molecule has 2 N–H and O–H groups in total. The van der Waals surface area contributed by atoms with Gasteiger partial charge in [-0.1, -0.05) is 33.8 Å². The summed E-state index contributed by atoms with van der Waals surface area (Å²) >= 11 is 0. The molecular weight excluding hydrogens is 470 g/mol. The van der Waals surface area contributed by atoms with Gasteiger partial charge >= 0.3 is 24.1 Å². The lowest BCUT2D eigenvalue weighted by molar-refractivity contribution is -0.167. The highest BCUT2D eigenvalue weighted by Gasteiger charge is 2.44. The van der Waals surface area contributed by atoms with E-state index in [0.717, 1.165) is 0 Å². The van der Waals surface area contributed by atoms with Crippen LogP contribution in [0.25, 0.3) is 0 Å². The largest absolute Gasteiger partial charge is 0.510 e. The highest BCUT2D eigenvalue weighted by Crippen LogP contribution is 2.32. The molecule has 10 nitrogen and oxygen atoms in total. The summed E-state index contributed by atoms with van der Waals surface area (Å²) in [5.74, 6) is -2.40. The number of carbonyl (C=O) groups is 4. The fraction of sp³-hybridized carbons (Fsp3) is 0.615. The summed E-state index contributed by atoms with van der Waals surface area (Å²) in [5.41, 5.74) is -1.83. The van der Waals surface area contributed by atoms with Gasteiger partial charge in [0, 0.05) is 25.3 Å². The van der Waals surface area contributed by atoms with E-state index >= 15 is 0 Å². The van der Waals surface area contributed by atoms with E-state index in [1.807, 2.05) is 27.7 Å². The quantitative estimate of drug-likeness (QED) is 0.222. The van der Waals surface area contributed by atoms with E-state index < -0.39 is 35.9 Å². The standard InChI is InChI=1S/C26H39NO9/c1-15(2)11-22(28)34-20-10-9-19(13-21(20)35-23(29)12-16(3)4)14-26(24(30)31,27-17(5)6)36-25(32)33-18(7)8/h9-10,13,15-18,27H,11-12,14H2,1-8H3,(H,30,31)/t26-/m0/s1. The van der Waals surface area contributed by atoms with Crippen molar-refractivity contribution < 1.29 is 43.2 Å². The molecule has 202 valence electrons. The van der Waals surface area contributed by atoms with Crippen molar-refractivity contribution in [2.45, 2.75) is 92.5 Å². The Labute approximate surface area is 212 Å².